The van der Waals surface area contributed by atoms with Gasteiger partial charge in [0.15, 0.2) is 6.61 Å². The van der Waals surface area contributed by atoms with Crippen LogP contribution in [0.25, 0.3) is 0 Å². The van der Waals surface area contributed by atoms with Gasteiger partial charge in [-0.1, -0.05) is 13.3 Å². The second-order valence-corrected chi connectivity index (χ2v) is 4.18. The molecule has 0 saturated heterocycles. The first-order valence-corrected chi connectivity index (χ1v) is 6.08. The van der Waals surface area contributed by atoms with Gasteiger partial charge in [-0.05, 0) is 37.6 Å². The second kappa shape index (κ2) is 7.33. The molecule has 4 heteroatoms. The van der Waals surface area contributed by atoms with Gasteiger partial charge < -0.3 is 10.1 Å². The largest absolute Gasteiger partial charge is 0.484 e. The Balaban J connectivity index is 2.35. The third-order valence-electron chi connectivity index (χ3n) is 2.48. The maximum Gasteiger partial charge on any atom is 0.258 e. The molecule has 0 radical (unpaired) electrons. The van der Waals surface area contributed by atoms with Crippen molar-refractivity contribution in [3.63, 3.8) is 0 Å². The molecule has 18 heavy (non-hydrogen) atoms. The molecule has 0 bridgehead atoms. The Morgan fingerprint density at radius 3 is 2.67 bits per heavy atom. The molecule has 0 aliphatic carbocycles. The number of carbonyl (C=O) groups excluding carboxylic acids is 1. The van der Waals surface area contributed by atoms with Crippen molar-refractivity contribution in [2.24, 2.45) is 0 Å². The van der Waals surface area contributed by atoms with Crippen LogP contribution in [0.15, 0.2) is 24.3 Å². The summed E-state index contributed by atoms with van der Waals surface area (Å²) in [7, 11) is 0. The van der Waals surface area contributed by atoms with Crippen LogP contribution in [0.3, 0.4) is 0 Å². The van der Waals surface area contributed by atoms with Crippen molar-refractivity contribution in [2.45, 2.75) is 32.7 Å². The average Bonchev–Trinajstić information content (AvgIpc) is 2.37. The number of carbonyl (C=O) groups is 1. The minimum Gasteiger partial charge on any atom is -0.484 e. The lowest BCUT2D eigenvalue weighted by molar-refractivity contribution is -0.123. The number of nitriles is 1. The average molecular weight is 246 g/mol. The van der Waals surface area contributed by atoms with Gasteiger partial charge in [-0.2, -0.15) is 5.26 Å². The number of benzene rings is 1. The normalized spacial score (nSPS) is 11.4. The van der Waals surface area contributed by atoms with Crippen LogP contribution in [0.1, 0.15) is 32.3 Å². The van der Waals surface area contributed by atoms with Gasteiger partial charge >= 0.3 is 0 Å². The van der Waals surface area contributed by atoms with E-state index in [4.69, 9.17) is 10.00 Å². The lowest BCUT2D eigenvalue weighted by Gasteiger charge is -2.13. The number of hydrogen-bond donors (Lipinski definition) is 1. The van der Waals surface area contributed by atoms with Gasteiger partial charge in [-0.15, -0.1) is 0 Å². The molecule has 0 saturated carbocycles. The van der Waals surface area contributed by atoms with E-state index in [1.54, 1.807) is 24.3 Å². The Kier molecular flexibility index (Phi) is 5.72. The predicted molar refractivity (Wildman–Crippen MR) is 69.2 cm³/mol. The highest BCUT2D eigenvalue weighted by atomic mass is 16.5. The van der Waals surface area contributed by atoms with Crippen molar-refractivity contribution in [1.82, 2.24) is 5.32 Å². The molecule has 1 rings (SSSR count). The van der Waals surface area contributed by atoms with Crippen molar-refractivity contribution in [3.8, 4) is 11.8 Å². The molecule has 1 atom stereocenters. The van der Waals surface area contributed by atoms with E-state index in [-0.39, 0.29) is 18.6 Å². The predicted octanol–water partition coefficient (Wildman–Crippen LogP) is 2.24. The zero-order valence-electron chi connectivity index (χ0n) is 10.8. The van der Waals surface area contributed by atoms with Crippen LogP contribution in [0.4, 0.5) is 0 Å². The Bertz CT molecular complexity index is 420. The highest BCUT2D eigenvalue weighted by Crippen LogP contribution is 2.11. The number of ether oxygens (including phenoxy) is 1. The smallest absolute Gasteiger partial charge is 0.258 e. The van der Waals surface area contributed by atoms with Crippen molar-refractivity contribution in [3.05, 3.63) is 29.8 Å². The molecule has 1 amide bonds. The number of amides is 1. The lowest BCUT2D eigenvalue weighted by atomic mass is 10.2. The molecule has 1 aromatic rings. The first-order chi connectivity index (χ1) is 8.65. The van der Waals surface area contributed by atoms with Gasteiger partial charge in [0.1, 0.15) is 5.75 Å². The number of nitrogens with one attached hydrogen (secondary N) is 1. The van der Waals surface area contributed by atoms with Crippen molar-refractivity contribution in [2.75, 3.05) is 6.61 Å². The number of hydrogen-bond acceptors (Lipinski definition) is 3. The molecule has 96 valence electrons. The van der Waals surface area contributed by atoms with Crippen LogP contribution in [0, 0.1) is 11.3 Å². The summed E-state index contributed by atoms with van der Waals surface area (Å²) in [5.41, 5.74) is 0.573. The fraction of sp³-hybridized carbons (Fsp3) is 0.429. The monoisotopic (exact) mass is 246 g/mol. The molecule has 1 N–H and O–H groups in total. The molecule has 1 aromatic carbocycles. The zero-order valence-corrected chi connectivity index (χ0v) is 10.8. The van der Waals surface area contributed by atoms with Gasteiger partial charge in [0.2, 0.25) is 0 Å². The van der Waals surface area contributed by atoms with E-state index in [1.165, 1.54) is 0 Å². The third-order valence-corrected chi connectivity index (χ3v) is 2.48. The Hall–Kier alpha value is -2.02. The zero-order chi connectivity index (χ0) is 13.4. The summed E-state index contributed by atoms with van der Waals surface area (Å²) < 4.78 is 5.32. The van der Waals surface area contributed by atoms with Crippen LogP contribution in [-0.2, 0) is 4.79 Å². The Morgan fingerprint density at radius 1 is 1.44 bits per heavy atom. The van der Waals surface area contributed by atoms with Gasteiger partial charge in [0.25, 0.3) is 5.91 Å². The number of rotatable bonds is 6. The van der Waals surface area contributed by atoms with E-state index in [9.17, 15) is 4.79 Å². The first kappa shape index (κ1) is 14.0. The lowest BCUT2D eigenvalue weighted by Crippen LogP contribution is -2.35. The molecular weight excluding hydrogens is 228 g/mol. The van der Waals surface area contributed by atoms with Crippen LogP contribution < -0.4 is 10.1 Å². The van der Waals surface area contributed by atoms with E-state index in [0.29, 0.717) is 11.3 Å². The molecular formula is C14H18N2O2. The quantitative estimate of drug-likeness (QED) is 0.837. The van der Waals surface area contributed by atoms with Gasteiger partial charge in [0, 0.05) is 6.04 Å². The molecule has 0 aliphatic rings. The standard InChI is InChI=1S/C14H18N2O2/c1-3-4-11(2)16-14(17)10-18-13-7-5-12(9-15)6-8-13/h5-8,11H,3-4,10H2,1-2H3,(H,16,17)/t11-/m0/s1. The first-order valence-electron chi connectivity index (χ1n) is 6.08. The number of nitrogens with zero attached hydrogens (tertiary/aromatic N) is 1. The molecule has 0 spiro atoms. The van der Waals surface area contributed by atoms with Gasteiger partial charge in [-0.3, -0.25) is 4.79 Å². The van der Waals surface area contributed by atoms with E-state index < -0.39 is 0 Å². The fourth-order valence-electron chi connectivity index (χ4n) is 1.60. The molecule has 0 aromatic heterocycles. The summed E-state index contributed by atoms with van der Waals surface area (Å²) in [4.78, 5) is 11.5. The van der Waals surface area contributed by atoms with Crippen molar-refractivity contribution < 1.29 is 9.53 Å². The van der Waals surface area contributed by atoms with Crippen LogP contribution in [-0.4, -0.2) is 18.6 Å². The van der Waals surface area contributed by atoms with E-state index in [1.807, 2.05) is 13.0 Å². The molecule has 0 fully saturated rings. The van der Waals surface area contributed by atoms with Gasteiger partial charge in [-0.25, -0.2) is 0 Å². The summed E-state index contributed by atoms with van der Waals surface area (Å²) in [6.07, 6.45) is 2.00. The Morgan fingerprint density at radius 2 is 2.11 bits per heavy atom. The van der Waals surface area contributed by atoms with E-state index in [2.05, 4.69) is 12.2 Å². The maximum atomic E-state index is 11.5. The minimum absolute atomic E-state index is 0.0000451. The SMILES string of the molecule is CCC[C@H](C)NC(=O)COc1ccc(C#N)cc1. The van der Waals surface area contributed by atoms with Crippen LogP contribution in [0.5, 0.6) is 5.75 Å². The highest BCUT2D eigenvalue weighted by molar-refractivity contribution is 5.77. The summed E-state index contributed by atoms with van der Waals surface area (Å²) >= 11 is 0. The summed E-state index contributed by atoms with van der Waals surface area (Å²) in [5.74, 6) is 0.465. The van der Waals surface area contributed by atoms with Crippen molar-refractivity contribution in [1.29, 1.82) is 5.26 Å². The second-order valence-electron chi connectivity index (χ2n) is 4.18. The molecule has 4 nitrogen and oxygen atoms in total. The highest BCUT2D eigenvalue weighted by Gasteiger charge is 2.07. The van der Waals surface area contributed by atoms with E-state index in [0.717, 1.165) is 12.8 Å². The third kappa shape index (κ3) is 4.88. The van der Waals surface area contributed by atoms with Crippen LogP contribution in [0.2, 0.25) is 0 Å². The van der Waals surface area contributed by atoms with Gasteiger partial charge in [0.05, 0.1) is 11.6 Å². The van der Waals surface area contributed by atoms with Crippen LogP contribution >= 0.6 is 0 Å². The Labute approximate surface area is 108 Å². The summed E-state index contributed by atoms with van der Waals surface area (Å²) in [6.45, 7) is 4.05. The molecule has 0 heterocycles. The molecule has 0 unspecified atom stereocenters. The summed E-state index contributed by atoms with van der Waals surface area (Å²) in [6, 6.07) is 8.88. The minimum atomic E-state index is -0.125. The van der Waals surface area contributed by atoms with E-state index >= 15 is 0 Å². The maximum absolute atomic E-state index is 11.5. The molecule has 0 aliphatic heterocycles. The summed E-state index contributed by atoms with van der Waals surface area (Å²) in [5, 5.41) is 11.5. The topological polar surface area (TPSA) is 62.1 Å². The fourth-order valence-corrected chi connectivity index (χ4v) is 1.60. The van der Waals surface area contributed by atoms with Crippen molar-refractivity contribution >= 4 is 5.91 Å².